The lowest BCUT2D eigenvalue weighted by atomic mass is 9.57. The van der Waals surface area contributed by atoms with Gasteiger partial charge in [-0.2, -0.15) is 0 Å². The summed E-state index contributed by atoms with van der Waals surface area (Å²) in [7, 11) is 1.86. The standard InChI is InChI=1S/C17H22N2O4/c1-17(2)15(13-8-9-23-16(13)17)18(3)14(20)10-11-4-6-12(7-5-11)19(21)22/h4-7,13,15-16H,8-10H2,1-3H3/t13-,15-,16+/m1/s1. The van der Waals surface area contributed by atoms with E-state index in [2.05, 4.69) is 13.8 Å². The summed E-state index contributed by atoms with van der Waals surface area (Å²) in [6, 6.07) is 6.38. The first-order valence-electron chi connectivity index (χ1n) is 7.93. The van der Waals surface area contributed by atoms with Gasteiger partial charge in [-0.05, 0) is 12.0 Å². The summed E-state index contributed by atoms with van der Waals surface area (Å²) >= 11 is 0. The van der Waals surface area contributed by atoms with Crippen molar-refractivity contribution in [3.8, 4) is 0 Å². The van der Waals surface area contributed by atoms with Crippen LogP contribution in [0.3, 0.4) is 0 Å². The Morgan fingerprint density at radius 2 is 2.04 bits per heavy atom. The van der Waals surface area contributed by atoms with Crippen molar-refractivity contribution in [3.63, 3.8) is 0 Å². The highest BCUT2D eigenvalue weighted by atomic mass is 16.6. The third-order valence-corrected chi connectivity index (χ3v) is 5.35. The molecule has 1 saturated heterocycles. The van der Waals surface area contributed by atoms with Gasteiger partial charge in [0.15, 0.2) is 0 Å². The number of likely N-dealkylation sites (N-methyl/N-ethyl adjacent to an activating group) is 1. The highest BCUT2D eigenvalue weighted by molar-refractivity contribution is 5.79. The molecule has 1 aromatic carbocycles. The molecule has 2 fully saturated rings. The molecule has 1 amide bonds. The van der Waals surface area contributed by atoms with E-state index >= 15 is 0 Å². The number of nitrogens with zero attached hydrogens (tertiary/aromatic N) is 2. The molecule has 3 atom stereocenters. The van der Waals surface area contributed by atoms with Crippen molar-refractivity contribution in [2.75, 3.05) is 13.7 Å². The molecular weight excluding hydrogens is 296 g/mol. The molecule has 2 aliphatic rings. The van der Waals surface area contributed by atoms with Crippen molar-refractivity contribution in [2.45, 2.75) is 38.8 Å². The normalized spacial score (nSPS) is 27.9. The summed E-state index contributed by atoms with van der Waals surface area (Å²) in [6.07, 6.45) is 1.52. The van der Waals surface area contributed by atoms with Crippen molar-refractivity contribution in [3.05, 3.63) is 39.9 Å². The topological polar surface area (TPSA) is 72.7 Å². The van der Waals surface area contributed by atoms with E-state index in [1.807, 2.05) is 11.9 Å². The largest absolute Gasteiger partial charge is 0.377 e. The van der Waals surface area contributed by atoms with Crippen LogP contribution in [0.5, 0.6) is 0 Å². The molecule has 124 valence electrons. The van der Waals surface area contributed by atoms with Gasteiger partial charge in [-0.25, -0.2) is 0 Å². The molecule has 1 heterocycles. The minimum absolute atomic E-state index is 0.0267. The Kier molecular flexibility index (Phi) is 3.88. The fourth-order valence-electron chi connectivity index (χ4n) is 4.27. The van der Waals surface area contributed by atoms with Crippen LogP contribution in [0, 0.1) is 21.4 Å². The lowest BCUT2D eigenvalue weighted by Gasteiger charge is -2.57. The summed E-state index contributed by atoms with van der Waals surface area (Å²) < 4.78 is 5.78. The van der Waals surface area contributed by atoms with Crippen LogP contribution < -0.4 is 0 Å². The van der Waals surface area contributed by atoms with Gasteiger partial charge in [0.2, 0.25) is 5.91 Å². The van der Waals surface area contributed by atoms with Gasteiger partial charge in [0, 0.05) is 43.2 Å². The van der Waals surface area contributed by atoms with Crippen LogP contribution in [0.4, 0.5) is 5.69 Å². The molecule has 23 heavy (non-hydrogen) atoms. The smallest absolute Gasteiger partial charge is 0.269 e. The second kappa shape index (κ2) is 5.60. The number of fused-ring (bicyclic) bond motifs is 1. The number of ether oxygens (including phenoxy) is 1. The maximum atomic E-state index is 12.6. The fourth-order valence-corrected chi connectivity index (χ4v) is 4.27. The summed E-state index contributed by atoms with van der Waals surface area (Å²) in [5.74, 6) is 0.470. The van der Waals surface area contributed by atoms with Gasteiger partial charge in [-0.15, -0.1) is 0 Å². The molecule has 1 aromatic rings. The Hall–Kier alpha value is -1.95. The van der Waals surface area contributed by atoms with Gasteiger partial charge in [0.25, 0.3) is 5.69 Å². The molecule has 1 saturated carbocycles. The van der Waals surface area contributed by atoms with Crippen molar-refractivity contribution in [2.24, 2.45) is 11.3 Å². The number of benzene rings is 1. The van der Waals surface area contributed by atoms with Crippen LogP contribution in [0.25, 0.3) is 0 Å². The molecule has 0 bridgehead atoms. The highest BCUT2D eigenvalue weighted by Gasteiger charge is 2.61. The maximum Gasteiger partial charge on any atom is 0.269 e. The van der Waals surface area contributed by atoms with Crippen LogP contribution in [-0.4, -0.2) is 41.5 Å². The predicted molar refractivity (Wildman–Crippen MR) is 85.0 cm³/mol. The molecule has 0 spiro atoms. The van der Waals surface area contributed by atoms with E-state index < -0.39 is 4.92 Å². The van der Waals surface area contributed by atoms with Gasteiger partial charge >= 0.3 is 0 Å². The lowest BCUT2D eigenvalue weighted by molar-refractivity contribution is -0.384. The van der Waals surface area contributed by atoms with Crippen molar-refractivity contribution >= 4 is 11.6 Å². The van der Waals surface area contributed by atoms with Crippen LogP contribution in [-0.2, 0) is 16.0 Å². The van der Waals surface area contributed by atoms with Crippen LogP contribution in [0.1, 0.15) is 25.8 Å². The second-order valence-corrected chi connectivity index (χ2v) is 7.12. The number of nitro groups is 1. The molecule has 0 N–H and O–H groups in total. The average molecular weight is 318 g/mol. The predicted octanol–water partition coefficient (Wildman–Crippen LogP) is 2.41. The maximum absolute atomic E-state index is 12.6. The Balaban J connectivity index is 1.67. The fraction of sp³-hybridized carbons (Fsp3) is 0.588. The molecular formula is C17H22N2O4. The zero-order chi connectivity index (χ0) is 16.8. The third kappa shape index (κ3) is 2.61. The third-order valence-electron chi connectivity index (χ3n) is 5.35. The van der Waals surface area contributed by atoms with Gasteiger partial charge < -0.3 is 9.64 Å². The second-order valence-electron chi connectivity index (χ2n) is 7.12. The Labute approximate surface area is 135 Å². The summed E-state index contributed by atoms with van der Waals surface area (Å²) in [5, 5.41) is 10.7. The first-order chi connectivity index (χ1) is 10.8. The zero-order valence-electron chi connectivity index (χ0n) is 13.7. The summed E-state index contributed by atoms with van der Waals surface area (Å²) in [6.45, 7) is 5.08. The number of hydrogen-bond acceptors (Lipinski definition) is 4. The SMILES string of the molecule is CN(C(=O)Cc1ccc([N+](=O)[O-])cc1)[C@@H]1[C@H]2CCO[C@@H]2C1(C)C. The molecule has 3 rings (SSSR count). The molecule has 6 nitrogen and oxygen atoms in total. The molecule has 0 unspecified atom stereocenters. The Bertz CT molecular complexity index is 626. The number of nitro benzene ring substituents is 1. The Morgan fingerprint density at radius 1 is 1.39 bits per heavy atom. The lowest BCUT2D eigenvalue weighted by Crippen LogP contribution is -2.67. The van der Waals surface area contributed by atoms with Crippen molar-refractivity contribution < 1.29 is 14.5 Å². The summed E-state index contributed by atoms with van der Waals surface area (Å²) in [5.41, 5.74) is 0.811. The first-order valence-corrected chi connectivity index (χ1v) is 7.93. The zero-order valence-corrected chi connectivity index (χ0v) is 13.7. The number of hydrogen-bond donors (Lipinski definition) is 0. The van der Waals surface area contributed by atoms with Crippen LogP contribution in [0.2, 0.25) is 0 Å². The van der Waals surface area contributed by atoms with Crippen LogP contribution in [0.15, 0.2) is 24.3 Å². The monoisotopic (exact) mass is 318 g/mol. The van der Waals surface area contributed by atoms with Gasteiger partial charge in [0.1, 0.15) is 0 Å². The highest BCUT2D eigenvalue weighted by Crippen LogP contribution is 2.54. The molecule has 1 aliphatic heterocycles. The van der Waals surface area contributed by atoms with E-state index in [0.29, 0.717) is 5.92 Å². The van der Waals surface area contributed by atoms with E-state index in [1.165, 1.54) is 12.1 Å². The van der Waals surface area contributed by atoms with E-state index in [-0.39, 0.29) is 35.6 Å². The number of carbonyl (C=O) groups is 1. The van der Waals surface area contributed by atoms with E-state index in [0.717, 1.165) is 18.6 Å². The van der Waals surface area contributed by atoms with Crippen molar-refractivity contribution in [1.82, 2.24) is 4.90 Å². The minimum Gasteiger partial charge on any atom is -0.377 e. The molecule has 0 radical (unpaired) electrons. The molecule has 1 aliphatic carbocycles. The van der Waals surface area contributed by atoms with Gasteiger partial charge in [-0.3, -0.25) is 14.9 Å². The first kappa shape index (κ1) is 15.9. The Morgan fingerprint density at radius 3 is 2.65 bits per heavy atom. The average Bonchev–Trinajstić information content (AvgIpc) is 2.93. The molecule has 0 aromatic heterocycles. The van der Waals surface area contributed by atoms with E-state index in [9.17, 15) is 14.9 Å². The van der Waals surface area contributed by atoms with Crippen molar-refractivity contribution in [1.29, 1.82) is 0 Å². The van der Waals surface area contributed by atoms with E-state index in [1.54, 1.807) is 12.1 Å². The molecule has 6 heteroatoms. The summed E-state index contributed by atoms with van der Waals surface area (Å²) in [4.78, 5) is 24.7. The number of carbonyl (C=O) groups excluding carboxylic acids is 1. The number of non-ortho nitro benzene ring substituents is 1. The number of amides is 1. The van der Waals surface area contributed by atoms with Gasteiger partial charge in [-0.1, -0.05) is 26.0 Å². The van der Waals surface area contributed by atoms with Gasteiger partial charge in [0.05, 0.1) is 17.4 Å². The minimum atomic E-state index is -0.436. The van der Waals surface area contributed by atoms with E-state index in [4.69, 9.17) is 4.74 Å². The number of rotatable bonds is 4. The van der Waals surface area contributed by atoms with Crippen LogP contribution >= 0.6 is 0 Å². The quantitative estimate of drug-likeness (QED) is 0.631.